The first kappa shape index (κ1) is 7.48. The van der Waals surface area contributed by atoms with Crippen molar-refractivity contribution in [2.24, 2.45) is 0 Å². The Kier molecular flexibility index (Phi) is 2.39. The number of hydrogen-bond donors (Lipinski definition) is 1. The van der Waals surface area contributed by atoms with E-state index in [1.807, 2.05) is 13.0 Å². The molecule has 0 aromatic carbocycles. The molecular weight excluding hydrogens is 140 g/mol. The number of nitrogens with zero attached hydrogens (tertiary/aromatic N) is 3. The Morgan fingerprint density at radius 1 is 1.55 bits per heavy atom. The highest BCUT2D eigenvalue weighted by Gasteiger charge is 1.92. The zero-order valence-electron chi connectivity index (χ0n) is 6.20. The maximum atomic E-state index is 8.22. The van der Waals surface area contributed by atoms with Gasteiger partial charge in [0.1, 0.15) is 0 Å². The fourth-order valence-corrected chi connectivity index (χ4v) is 0.672. The molecule has 0 radical (unpaired) electrons. The lowest BCUT2D eigenvalue weighted by atomic mass is 10.3. The third-order valence-corrected chi connectivity index (χ3v) is 1.27. The number of anilines is 1. The molecule has 0 saturated heterocycles. The number of rotatable bonds is 2. The minimum absolute atomic E-state index is 0.490. The Morgan fingerprint density at radius 2 is 2.36 bits per heavy atom. The Hall–Kier alpha value is -1.63. The number of nitriles is 1. The van der Waals surface area contributed by atoms with Crippen LogP contribution in [0.1, 0.15) is 12.6 Å². The summed E-state index contributed by atoms with van der Waals surface area (Å²) in [6, 6.07) is 3.57. The minimum atomic E-state index is 0.490. The van der Waals surface area contributed by atoms with Crippen molar-refractivity contribution in [1.82, 2.24) is 10.2 Å². The largest absolute Gasteiger partial charge is 0.275 e. The van der Waals surface area contributed by atoms with Crippen molar-refractivity contribution in [3.63, 3.8) is 0 Å². The zero-order valence-corrected chi connectivity index (χ0v) is 6.20. The predicted octanol–water partition coefficient (Wildman–Crippen LogP) is 0.932. The SMILES string of the molecule is CCc1ccc(NC#N)nn1. The van der Waals surface area contributed by atoms with Crippen LogP contribution in [0.25, 0.3) is 0 Å². The summed E-state index contributed by atoms with van der Waals surface area (Å²) in [6.07, 6.45) is 2.63. The van der Waals surface area contributed by atoms with E-state index in [2.05, 4.69) is 15.5 Å². The first-order valence-electron chi connectivity index (χ1n) is 3.34. The Balaban J connectivity index is 2.76. The summed E-state index contributed by atoms with van der Waals surface area (Å²) in [4.78, 5) is 0. The molecule has 0 aliphatic heterocycles. The van der Waals surface area contributed by atoms with Gasteiger partial charge >= 0.3 is 0 Å². The van der Waals surface area contributed by atoms with Crippen LogP contribution in [0, 0.1) is 11.5 Å². The average molecular weight is 148 g/mol. The van der Waals surface area contributed by atoms with E-state index in [-0.39, 0.29) is 0 Å². The van der Waals surface area contributed by atoms with E-state index in [9.17, 15) is 0 Å². The van der Waals surface area contributed by atoms with Gasteiger partial charge in [-0.25, -0.2) is 0 Å². The molecule has 0 atom stereocenters. The molecule has 0 aliphatic carbocycles. The monoisotopic (exact) mass is 148 g/mol. The molecule has 0 saturated carbocycles. The maximum Gasteiger partial charge on any atom is 0.182 e. The third kappa shape index (κ3) is 1.90. The summed E-state index contributed by atoms with van der Waals surface area (Å²) < 4.78 is 0. The van der Waals surface area contributed by atoms with Gasteiger partial charge in [-0.3, -0.25) is 5.32 Å². The molecule has 0 aliphatic rings. The maximum absolute atomic E-state index is 8.22. The molecule has 56 valence electrons. The molecule has 1 heterocycles. The molecule has 0 amide bonds. The second-order valence-electron chi connectivity index (χ2n) is 2.00. The van der Waals surface area contributed by atoms with Gasteiger partial charge in [0.05, 0.1) is 5.69 Å². The van der Waals surface area contributed by atoms with Crippen LogP contribution < -0.4 is 5.32 Å². The molecule has 0 unspecified atom stereocenters. The summed E-state index contributed by atoms with van der Waals surface area (Å²) in [5.74, 6) is 0.490. The van der Waals surface area contributed by atoms with Crippen LogP contribution in [-0.2, 0) is 6.42 Å². The average Bonchev–Trinajstić information content (AvgIpc) is 2.07. The highest BCUT2D eigenvalue weighted by Crippen LogP contribution is 2.00. The lowest BCUT2D eigenvalue weighted by molar-refractivity contribution is 0.924. The first-order chi connectivity index (χ1) is 5.36. The van der Waals surface area contributed by atoms with Crippen molar-refractivity contribution >= 4 is 5.82 Å². The van der Waals surface area contributed by atoms with Gasteiger partial charge in [0.15, 0.2) is 12.0 Å². The molecule has 1 rings (SSSR count). The van der Waals surface area contributed by atoms with Crippen LogP contribution >= 0.6 is 0 Å². The number of aromatic nitrogens is 2. The van der Waals surface area contributed by atoms with Crippen LogP contribution in [0.2, 0.25) is 0 Å². The number of nitrogens with one attached hydrogen (secondary N) is 1. The lowest BCUT2D eigenvalue weighted by Crippen LogP contribution is -1.95. The third-order valence-electron chi connectivity index (χ3n) is 1.27. The van der Waals surface area contributed by atoms with Gasteiger partial charge < -0.3 is 0 Å². The summed E-state index contributed by atoms with van der Waals surface area (Å²) in [5.41, 5.74) is 0.925. The lowest BCUT2D eigenvalue weighted by Gasteiger charge is -1.95. The molecule has 4 heteroatoms. The van der Waals surface area contributed by atoms with Crippen molar-refractivity contribution in [1.29, 1.82) is 5.26 Å². The Morgan fingerprint density at radius 3 is 2.82 bits per heavy atom. The van der Waals surface area contributed by atoms with Crippen LogP contribution in [-0.4, -0.2) is 10.2 Å². The zero-order chi connectivity index (χ0) is 8.10. The smallest absolute Gasteiger partial charge is 0.182 e. The van der Waals surface area contributed by atoms with Crippen LogP contribution in [0.3, 0.4) is 0 Å². The first-order valence-corrected chi connectivity index (χ1v) is 3.34. The van der Waals surface area contributed by atoms with Gasteiger partial charge in [0.2, 0.25) is 0 Å². The number of hydrogen-bond acceptors (Lipinski definition) is 4. The standard InChI is InChI=1S/C7H8N4/c1-2-6-3-4-7(9-5-8)11-10-6/h3-4H,2H2,1H3,(H,9,11). The summed E-state index contributed by atoms with van der Waals surface area (Å²) in [7, 11) is 0. The molecule has 1 aromatic heterocycles. The van der Waals surface area contributed by atoms with Crippen molar-refractivity contribution in [2.45, 2.75) is 13.3 Å². The molecule has 0 fully saturated rings. The second kappa shape index (κ2) is 3.52. The summed E-state index contributed by atoms with van der Waals surface area (Å²) >= 11 is 0. The van der Waals surface area contributed by atoms with Crippen LogP contribution in [0.15, 0.2) is 12.1 Å². The molecule has 11 heavy (non-hydrogen) atoms. The van der Waals surface area contributed by atoms with Gasteiger partial charge in [0, 0.05) is 0 Å². The van der Waals surface area contributed by atoms with E-state index in [1.165, 1.54) is 0 Å². The Bertz CT molecular complexity index is 259. The van der Waals surface area contributed by atoms with Crippen molar-refractivity contribution in [2.75, 3.05) is 5.32 Å². The van der Waals surface area contributed by atoms with Gasteiger partial charge in [-0.15, -0.1) is 5.10 Å². The van der Waals surface area contributed by atoms with Gasteiger partial charge in [-0.1, -0.05) is 6.92 Å². The Labute approximate surface area is 64.9 Å². The number of aryl methyl sites for hydroxylation is 1. The van der Waals surface area contributed by atoms with E-state index in [1.54, 1.807) is 12.3 Å². The quantitative estimate of drug-likeness (QED) is 0.500. The molecule has 0 bridgehead atoms. The molecule has 0 spiro atoms. The van der Waals surface area contributed by atoms with Crippen molar-refractivity contribution in [3.8, 4) is 6.19 Å². The van der Waals surface area contributed by atoms with Gasteiger partial charge in [-0.05, 0) is 18.6 Å². The van der Waals surface area contributed by atoms with Gasteiger partial charge in [-0.2, -0.15) is 10.4 Å². The van der Waals surface area contributed by atoms with Crippen molar-refractivity contribution < 1.29 is 0 Å². The normalized spacial score (nSPS) is 8.73. The van der Waals surface area contributed by atoms with Crippen molar-refractivity contribution in [3.05, 3.63) is 17.8 Å². The van der Waals surface area contributed by atoms with Gasteiger partial charge in [0.25, 0.3) is 0 Å². The predicted molar refractivity (Wildman–Crippen MR) is 40.6 cm³/mol. The topological polar surface area (TPSA) is 61.6 Å². The summed E-state index contributed by atoms with van der Waals surface area (Å²) in [6.45, 7) is 2.00. The molecule has 1 aromatic rings. The van der Waals surface area contributed by atoms with E-state index in [0.717, 1.165) is 12.1 Å². The van der Waals surface area contributed by atoms with Crippen LogP contribution in [0.4, 0.5) is 5.82 Å². The van der Waals surface area contributed by atoms with E-state index in [4.69, 9.17) is 5.26 Å². The summed E-state index contributed by atoms with van der Waals surface area (Å²) in [5, 5.41) is 18.2. The molecular formula is C7H8N4. The van der Waals surface area contributed by atoms with E-state index in [0.29, 0.717) is 5.82 Å². The highest BCUT2D eigenvalue weighted by atomic mass is 15.2. The highest BCUT2D eigenvalue weighted by molar-refractivity contribution is 5.36. The fraction of sp³-hybridized carbons (Fsp3) is 0.286. The molecule has 1 N–H and O–H groups in total. The molecule has 4 nitrogen and oxygen atoms in total. The van der Waals surface area contributed by atoms with E-state index >= 15 is 0 Å². The second-order valence-corrected chi connectivity index (χ2v) is 2.00. The van der Waals surface area contributed by atoms with Crippen LogP contribution in [0.5, 0.6) is 0 Å². The minimum Gasteiger partial charge on any atom is -0.275 e. The van der Waals surface area contributed by atoms with E-state index < -0.39 is 0 Å². The fourth-order valence-electron chi connectivity index (χ4n) is 0.672.